The van der Waals surface area contributed by atoms with E-state index >= 15 is 0 Å². The molecule has 17 heavy (non-hydrogen) atoms. The van der Waals surface area contributed by atoms with Gasteiger partial charge in [0.1, 0.15) is 12.4 Å². The van der Waals surface area contributed by atoms with E-state index in [4.69, 9.17) is 10.5 Å². The highest BCUT2D eigenvalue weighted by Gasteiger charge is 2.05. The van der Waals surface area contributed by atoms with E-state index < -0.39 is 0 Å². The Labute approximate surface area is 105 Å². The Bertz CT molecular complexity index is 340. The van der Waals surface area contributed by atoms with Crippen molar-refractivity contribution in [2.75, 3.05) is 33.3 Å². The van der Waals surface area contributed by atoms with Gasteiger partial charge in [-0.3, -0.25) is 0 Å². The van der Waals surface area contributed by atoms with Crippen molar-refractivity contribution in [3.63, 3.8) is 0 Å². The van der Waals surface area contributed by atoms with Gasteiger partial charge in [0.25, 0.3) is 0 Å². The Morgan fingerprint density at radius 1 is 1.12 bits per heavy atom. The SMILES string of the molecule is Cc1cc(C)c(OCCN(C)CCN)c(C)c1. The van der Waals surface area contributed by atoms with Crippen LogP contribution in [-0.4, -0.2) is 38.2 Å². The van der Waals surface area contributed by atoms with E-state index in [2.05, 4.69) is 44.9 Å². The lowest BCUT2D eigenvalue weighted by molar-refractivity contribution is 0.239. The molecule has 0 aromatic heterocycles. The van der Waals surface area contributed by atoms with Crippen LogP contribution in [0.2, 0.25) is 0 Å². The van der Waals surface area contributed by atoms with Crippen molar-refractivity contribution in [1.82, 2.24) is 4.90 Å². The molecule has 96 valence electrons. The number of likely N-dealkylation sites (N-methyl/N-ethyl adjacent to an activating group) is 1. The van der Waals surface area contributed by atoms with Crippen LogP contribution < -0.4 is 10.5 Å². The third-order valence-electron chi connectivity index (χ3n) is 2.83. The molecule has 0 atom stereocenters. The molecule has 1 aromatic rings. The maximum absolute atomic E-state index is 5.86. The average molecular weight is 236 g/mol. The Morgan fingerprint density at radius 2 is 1.71 bits per heavy atom. The van der Waals surface area contributed by atoms with Crippen LogP contribution >= 0.6 is 0 Å². The summed E-state index contributed by atoms with van der Waals surface area (Å²) in [4.78, 5) is 2.18. The highest BCUT2D eigenvalue weighted by Crippen LogP contribution is 2.24. The standard InChI is InChI=1S/C14H24N2O/c1-11-9-12(2)14(13(3)10-11)17-8-7-16(4)6-5-15/h9-10H,5-8,15H2,1-4H3. The van der Waals surface area contributed by atoms with Gasteiger partial charge in [-0.15, -0.1) is 0 Å². The van der Waals surface area contributed by atoms with Crippen LogP contribution in [0.3, 0.4) is 0 Å². The van der Waals surface area contributed by atoms with Crippen LogP contribution in [0.5, 0.6) is 5.75 Å². The van der Waals surface area contributed by atoms with Crippen LogP contribution in [0.4, 0.5) is 0 Å². The number of benzene rings is 1. The van der Waals surface area contributed by atoms with Crippen molar-refractivity contribution >= 4 is 0 Å². The van der Waals surface area contributed by atoms with Gasteiger partial charge >= 0.3 is 0 Å². The van der Waals surface area contributed by atoms with Gasteiger partial charge in [-0.1, -0.05) is 17.7 Å². The normalized spacial score (nSPS) is 10.9. The predicted octanol–water partition coefficient (Wildman–Crippen LogP) is 1.88. The molecule has 0 bridgehead atoms. The fourth-order valence-corrected chi connectivity index (χ4v) is 2.03. The molecule has 0 saturated heterocycles. The smallest absolute Gasteiger partial charge is 0.125 e. The lowest BCUT2D eigenvalue weighted by Gasteiger charge is -2.17. The van der Waals surface area contributed by atoms with Crippen molar-refractivity contribution in [3.8, 4) is 5.75 Å². The molecule has 0 aliphatic carbocycles. The zero-order valence-electron chi connectivity index (χ0n) is 11.4. The first-order valence-corrected chi connectivity index (χ1v) is 6.14. The van der Waals surface area contributed by atoms with Gasteiger partial charge in [-0.2, -0.15) is 0 Å². The summed E-state index contributed by atoms with van der Waals surface area (Å²) in [5, 5.41) is 0. The summed E-state index contributed by atoms with van der Waals surface area (Å²) in [6.45, 7) is 9.52. The lowest BCUT2D eigenvalue weighted by Crippen LogP contribution is -2.29. The van der Waals surface area contributed by atoms with Gasteiger partial charge in [0.2, 0.25) is 0 Å². The summed E-state index contributed by atoms with van der Waals surface area (Å²) in [7, 11) is 2.06. The summed E-state index contributed by atoms with van der Waals surface area (Å²) < 4.78 is 5.86. The largest absolute Gasteiger partial charge is 0.492 e. The zero-order chi connectivity index (χ0) is 12.8. The Balaban J connectivity index is 2.52. The fourth-order valence-electron chi connectivity index (χ4n) is 2.03. The molecule has 3 nitrogen and oxygen atoms in total. The Hall–Kier alpha value is -1.06. The Kier molecular flexibility index (Phi) is 5.45. The van der Waals surface area contributed by atoms with E-state index in [0.717, 1.165) is 18.8 Å². The van der Waals surface area contributed by atoms with Crippen LogP contribution in [0, 0.1) is 20.8 Å². The molecule has 0 heterocycles. The molecule has 1 rings (SSSR count). The highest BCUT2D eigenvalue weighted by molar-refractivity contribution is 5.42. The molecule has 2 N–H and O–H groups in total. The first-order chi connectivity index (χ1) is 8.04. The summed E-state index contributed by atoms with van der Waals surface area (Å²) >= 11 is 0. The lowest BCUT2D eigenvalue weighted by atomic mass is 10.1. The van der Waals surface area contributed by atoms with Crippen LogP contribution in [0.1, 0.15) is 16.7 Å². The molecule has 0 fully saturated rings. The van der Waals surface area contributed by atoms with E-state index in [-0.39, 0.29) is 0 Å². The van der Waals surface area contributed by atoms with E-state index in [1.807, 2.05) is 0 Å². The first-order valence-electron chi connectivity index (χ1n) is 6.14. The molecular weight excluding hydrogens is 212 g/mol. The predicted molar refractivity (Wildman–Crippen MR) is 72.7 cm³/mol. The van der Waals surface area contributed by atoms with E-state index in [0.29, 0.717) is 13.2 Å². The first kappa shape index (κ1) is 14.0. The number of ether oxygens (including phenoxy) is 1. The monoisotopic (exact) mass is 236 g/mol. The fraction of sp³-hybridized carbons (Fsp3) is 0.571. The van der Waals surface area contributed by atoms with Crippen LogP contribution in [-0.2, 0) is 0 Å². The number of aryl methyl sites for hydroxylation is 3. The van der Waals surface area contributed by atoms with Gasteiger partial charge in [0.15, 0.2) is 0 Å². The number of nitrogens with zero attached hydrogens (tertiary/aromatic N) is 1. The topological polar surface area (TPSA) is 38.5 Å². The van der Waals surface area contributed by atoms with Gasteiger partial charge in [0, 0.05) is 19.6 Å². The van der Waals surface area contributed by atoms with Crippen LogP contribution in [0.25, 0.3) is 0 Å². The van der Waals surface area contributed by atoms with Crippen molar-refractivity contribution in [2.45, 2.75) is 20.8 Å². The molecule has 0 amide bonds. The minimum absolute atomic E-state index is 0.694. The molecule has 0 spiro atoms. The van der Waals surface area contributed by atoms with Gasteiger partial charge in [0.05, 0.1) is 0 Å². The van der Waals surface area contributed by atoms with Crippen molar-refractivity contribution in [2.24, 2.45) is 5.73 Å². The third kappa shape index (κ3) is 4.36. The maximum Gasteiger partial charge on any atom is 0.125 e. The molecule has 1 aromatic carbocycles. The molecule has 0 aliphatic rings. The highest BCUT2D eigenvalue weighted by atomic mass is 16.5. The van der Waals surface area contributed by atoms with Gasteiger partial charge < -0.3 is 15.4 Å². The summed E-state index contributed by atoms with van der Waals surface area (Å²) in [6.07, 6.45) is 0. The van der Waals surface area contributed by atoms with Gasteiger partial charge in [-0.25, -0.2) is 0 Å². The number of hydrogen-bond donors (Lipinski definition) is 1. The molecule has 0 radical (unpaired) electrons. The van der Waals surface area contributed by atoms with E-state index in [9.17, 15) is 0 Å². The molecule has 0 saturated carbocycles. The van der Waals surface area contributed by atoms with Gasteiger partial charge in [-0.05, 0) is 38.9 Å². The van der Waals surface area contributed by atoms with Crippen LogP contribution in [0.15, 0.2) is 12.1 Å². The zero-order valence-corrected chi connectivity index (χ0v) is 11.4. The van der Waals surface area contributed by atoms with Crippen molar-refractivity contribution in [1.29, 1.82) is 0 Å². The summed E-state index contributed by atoms with van der Waals surface area (Å²) in [5.41, 5.74) is 9.20. The quantitative estimate of drug-likeness (QED) is 0.819. The number of rotatable bonds is 6. The minimum Gasteiger partial charge on any atom is -0.492 e. The third-order valence-corrected chi connectivity index (χ3v) is 2.83. The average Bonchev–Trinajstić information content (AvgIpc) is 2.22. The summed E-state index contributed by atoms with van der Waals surface area (Å²) in [6, 6.07) is 4.32. The van der Waals surface area contributed by atoms with E-state index in [1.165, 1.54) is 16.7 Å². The second-order valence-electron chi connectivity index (χ2n) is 4.67. The molecular formula is C14H24N2O. The minimum atomic E-state index is 0.694. The summed E-state index contributed by atoms with van der Waals surface area (Å²) in [5.74, 6) is 1.02. The maximum atomic E-state index is 5.86. The van der Waals surface area contributed by atoms with Crippen molar-refractivity contribution in [3.05, 3.63) is 28.8 Å². The number of nitrogens with two attached hydrogens (primary N) is 1. The van der Waals surface area contributed by atoms with E-state index in [1.54, 1.807) is 0 Å². The Morgan fingerprint density at radius 3 is 2.24 bits per heavy atom. The molecule has 0 unspecified atom stereocenters. The second-order valence-corrected chi connectivity index (χ2v) is 4.67. The number of hydrogen-bond acceptors (Lipinski definition) is 3. The molecule has 3 heteroatoms. The second kappa shape index (κ2) is 6.62. The molecule has 0 aliphatic heterocycles. The van der Waals surface area contributed by atoms with Crippen molar-refractivity contribution < 1.29 is 4.74 Å².